The maximum Gasteiger partial charge on any atom is 0.123 e. The van der Waals surface area contributed by atoms with Gasteiger partial charge in [0.2, 0.25) is 0 Å². The summed E-state index contributed by atoms with van der Waals surface area (Å²) in [6.45, 7) is 4.02. The van der Waals surface area contributed by atoms with Crippen molar-refractivity contribution in [2.24, 2.45) is 5.10 Å². The highest BCUT2D eigenvalue weighted by Crippen LogP contribution is 2.30. The van der Waals surface area contributed by atoms with Crippen LogP contribution in [0, 0.1) is 5.82 Å². The smallest absolute Gasteiger partial charge is 0.123 e. The number of hydrogen-bond acceptors (Lipinski definition) is 3. The Morgan fingerprint density at radius 3 is 2.77 bits per heavy atom. The fourth-order valence-corrected chi connectivity index (χ4v) is 3.46. The van der Waals surface area contributed by atoms with E-state index in [9.17, 15) is 4.39 Å². The zero-order valence-electron chi connectivity index (χ0n) is 12.9. The van der Waals surface area contributed by atoms with E-state index in [0.29, 0.717) is 0 Å². The number of nitrogens with one attached hydrogen (secondary N) is 1. The van der Waals surface area contributed by atoms with Gasteiger partial charge in [-0.15, -0.1) is 0 Å². The second-order valence-corrected chi connectivity index (χ2v) is 6.33. The first-order valence-electron chi connectivity index (χ1n) is 8.02. The predicted molar refractivity (Wildman–Crippen MR) is 86.8 cm³/mol. The number of benzene rings is 1. The van der Waals surface area contributed by atoms with Crippen molar-refractivity contribution in [1.29, 1.82) is 0 Å². The molecule has 4 rings (SSSR count). The number of hydrazone groups is 1. The van der Waals surface area contributed by atoms with Crippen LogP contribution in [-0.2, 0) is 6.42 Å². The van der Waals surface area contributed by atoms with Crippen molar-refractivity contribution >= 4 is 16.6 Å². The SMILES string of the molecule is CN1CCN(N=C2CCCc3[nH]c4ccc(F)cc4c32)CC1. The molecule has 1 aliphatic carbocycles. The van der Waals surface area contributed by atoms with Gasteiger partial charge in [0.25, 0.3) is 0 Å². The van der Waals surface area contributed by atoms with E-state index in [4.69, 9.17) is 5.10 Å². The number of nitrogens with zero attached hydrogens (tertiary/aromatic N) is 3. The van der Waals surface area contributed by atoms with Gasteiger partial charge in [-0.2, -0.15) is 5.10 Å². The predicted octanol–water partition coefficient (Wildman–Crippen LogP) is 2.59. The molecule has 2 aliphatic rings. The molecule has 0 radical (unpaired) electrons. The highest BCUT2D eigenvalue weighted by atomic mass is 19.1. The van der Waals surface area contributed by atoms with Crippen molar-refractivity contribution < 1.29 is 4.39 Å². The second kappa shape index (κ2) is 5.39. The van der Waals surface area contributed by atoms with E-state index in [1.165, 1.54) is 11.8 Å². The molecule has 1 saturated heterocycles. The zero-order chi connectivity index (χ0) is 15.1. The first-order chi connectivity index (χ1) is 10.7. The molecule has 0 unspecified atom stereocenters. The lowest BCUT2D eigenvalue weighted by molar-refractivity contribution is 0.158. The molecule has 22 heavy (non-hydrogen) atoms. The minimum atomic E-state index is -0.182. The molecule has 1 N–H and O–H groups in total. The Kier molecular flexibility index (Phi) is 3.37. The van der Waals surface area contributed by atoms with Crippen molar-refractivity contribution in [1.82, 2.24) is 14.9 Å². The molecular weight excluding hydrogens is 279 g/mol. The molecule has 2 aromatic rings. The third-order valence-electron chi connectivity index (χ3n) is 4.71. The van der Waals surface area contributed by atoms with Crippen LogP contribution in [0.4, 0.5) is 4.39 Å². The van der Waals surface area contributed by atoms with Gasteiger partial charge in [0.05, 0.1) is 5.71 Å². The number of aryl methyl sites for hydroxylation is 1. The van der Waals surface area contributed by atoms with Gasteiger partial charge in [-0.25, -0.2) is 4.39 Å². The van der Waals surface area contributed by atoms with Crippen LogP contribution in [-0.4, -0.2) is 53.8 Å². The lowest BCUT2D eigenvalue weighted by Gasteiger charge is -2.31. The van der Waals surface area contributed by atoms with E-state index in [0.717, 1.165) is 67.6 Å². The van der Waals surface area contributed by atoms with Gasteiger partial charge in [-0.3, -0.25) is 5.01 Å². The van der Waals surface area contributed by atoms with Crippen molar-refractivity contribution in [2.45, 2.75) is 19.3 Å². The molecule has 2 heterocycles. The van der Waals surface area contributed by atoms with Gasteiger partial charge < -0.3 is 9.88 Å². The van der Waals surface area contributed by atoms with Crippen LogP contribution in [0.15, 0.2) is 23.3 Å². The van der Waals surface area contributed by atoms with Gasteiger partial charge >= 0.3 is 0 Å². The Balaban J connectivity index is 1.74. The maximum atomic E-state index is 13.6. The summed E-state index contributed by atoms with van der Waals surface area (Å²) in [6, 6.07) is 4.98. The summed E-state index contributed by atoms with van der Waals surface area (Å²) in [5, 5.41) is 8.05. The highest BCUT2D eigenvalue weighted by molar-refractivity contribution is 6.12. The summed E-state index contributed by atoms with van der Waals surface area (Å²) in [5.41, 5.74) is 4.47. The summed E-state index contributed by atoms with van der Waals surface area (Å²) in [4.78, 5) is 5.77. The number of likely N-dealkylation sites (N-methyl/N-ethyl adjacent to an activating group) is 1. The minimum Gasteiger partial charge on any atom is -0.358 e. The van der Waals surface area contributed by atoms with E-state index >= 15 is 0 Å². The maximum absolute atomic E-state index is 13.6. The summed E-state index contributed by atoms with van der Waals surface area (Å²) < 4.78 is 13.6. The number of rotatable bonds is 1. The first kappa shape index (κ1) is 13.8. The van der Waals surface area contributed by atoms with Crippen molar-refractivity contribution in [3.8, 4) is 0 Å². The van der Waals surface area contributed by atoms with Crippen molar-refractivity contribution in [3.05, 3.63) is 35.3 Å². The molecular formula is C17H21FN4. The van der Waals surface area contributed by atoms with E-state index in [1.54, 1.807) is 6.07 Å². The van der Waals surface area contributed by atoms with Crippen LogP contribution in [0.2, 0.25) is 0 Å². The van der Waals surface area contributed by atoms with Crippen LogP contribution in [0.3, 0.4) is 0 Å². The summed E-state index contributed by atoms with van der Waals surface area (Å²) in [6.07, 6.45) is 3.10. The number of aromatic amines is 1. The second-order valence-electron chi connectivity index (χ2n) is 6.33. The number of piperazine rings is 1. The van der Waals surface area contributed by atoms with E-state index in [2.05, 4.69) is 21.9 Å². The molecule has 0 spiro atoms. The first-order valence-corrected chi connectivity index (χ1v) is 8.02. The third-order valence-corrected chi connectivity index (χ3v) is 4.71. The van der Waals surface area contributed by atoms with Crippen LogP contribution in [0.25, 0.3) is 10.9 Å². The summed E-state index contributed by atoms with van der Waals surface area (Å²) >= 11 is 0. The lowest BCUT2D eigenvalue weighted by Crippen LogP contribution is -2.42. The fourth-order valence-electron chi connectivity index (χ4n) is 3.46. The van der Waals surface area contributed by atoms with Crippen LogP contribution in [0.5, 0.6) is 0 Å². The Hall–Kier alpha value is -1.88. The molecule has 5 heteroatoms. The standard InChI is InChI=1S/C17H21FN4/c1-21-7-9-22(10-8-21)20-16-4-2-3-15-17(16)13-11-12(18)5-6-14(13)19-15/h5-6,11,19H,2-4,7-10H2,1H3. The molecule has 0 atom stereocenters. The van der Waals surface area contributed by atoms with Crippen LogP contribution >= 0.6 is 0 Å². The number of hydrogen-bond donors (Lipinski definition) is 1. The van der Waals surface area contributed by atoms with Crippen molar-refractivity contribution in [3.63, 3.8) is 0 Å². The molecule has 1 aromatic heterocycles. The molecule has 1 aliphatic heterocycles. The van der Waals surface area contributed by atoms with Crippen molar-refractivity contribution in [2.75, 3.05) is 33.2 Å². The largest absolute Gasteiger partial charge is 0.358 e. The van der Waals surface area contributed by atoms with Gasteiger partial charge in [0, 0.05) is 48.3 Å². The van der Waals surface area contributed by atoms with Gasteiger partial charge in [0.1, 0.15) is 5.82 Å². The molecule has 0 amide bonds. The molecule has 4 nitrogen and oxygen atoms in total. The molecule has 1 fully saturated rings. The van der Waals surface area contributed by atoms with E-state index < -0.39 is 0 Å². The number of H-pyrrole nitrogens is 1. The molecule has 116 valence electrons. The van der Waals surface area contributed by atoms with E-state index in [-0.39, 0.29) is 5.82 Å². The Morgan fingerprint density at radius 2 is 1.95 bits per heavy atom. The number of aromatic nitrogens is 1. The molecule has 0 saturated carbocycles. The van der Waals surface area contributed by atoms with Gasteiger partial charge in [0.15, 0.2) is 0 Å². The average molecular weight is 300 g/mol. The van der Waals surface area contributed by atoms with Gasteiger partial charge in [-0.1, -0.05) is 0 Å². The number of halogens is 1. The summed E-state index contributed by atoms with van der Waals surface area (Å²) in [5.74, 6) is -0.182. The van der Waals surface area contributed by atoms with Crippen LogP contribution in [0.1, 0.15) is 24.1 Å². The lowest BCUT2D eigenvalue weighted by atomic mass is 9.93. The van der Waals surface area contributed by atoms with Crippen LogP contribution < -0.4 is 0 Å². The van der Waals surface area contributed by atoms with Gasteiger partial charge in [-0.05, 0) is 44.5 Å². The topological polar surface area (TPSA) is 34.6 Å². The highest BCUT2D eigenvalue weighted by Gasteiger charge is 2.23. The normalized spacial score (nSPS) is 21.5. The quantitative estimate of drug-likeness (QED) is 0.878. The monoisotopic (exact) mass is 300 g/mol. The Bertz CT molecular complexity index is 726. The fraction of sp³-hybridized carbons (Fsp3) is 0.471. The minimum absolute atomic E-state index is 0.182. The Labute approximate surface area is 129 Å². The average Bonchev–Trinajstić information content (AvgIpc) is 2.88. The Morgan fingerprint density at radius 1 is 1.14 bits per heavy atom. The van der Waals surface area contributed by atoms with E-state index in [1.807, 2.05) is 6.07 Å². The zero-order valence-corrected chi connectivity index (χ0v) is 12.9. The molecule has 0 bridgehead atoms. The third kappa shape index (κ3) is 2.39. The molecule has 1 aromatic carbocycles. The number of fused-ring (bicyclic) bond motifs is 3. The summed E-state index contributed by atoms with van der Waals surface area (Å²) in [7, 11) is 2.14.